The van der Waals surface area contributed by atoms with Gasteiger partial charge >= 0.3 is 0 Å². The van der Waals surface area contributed by atoms with Crippen molar-refractivity contribution < 1.29 is 14.0 Å². The average molecular weight is 363 g/mol. The van der Waals surface area contributed by atoms with Crippen molar-refractivity contribution in [2.45, 2.75) is 6.54 Å². The number of rotatable bonds is 4. The molecule has 7 heteroatoms. The molecule has 0 radical (unpaired) electrons. The molecular weight excluding hydrogens is 348 g/mol. The quantitative estimate of drug-likeness (QED) is 0.761. The van der Waals surface area contributed by atoms with Gasteiger partial charge in [-0.05, 0) is 35.5 Å². The predicted molar refractivity (Wildman–Crippen MR) is 96.0 cm³/mol. The van der Waals surface area contributed by atoms with E-state index in [2.05, 4.69) is 0 Å². The van der Waals surface area contributed by atoms with E-state index in [0.717, 1.165) is 17.3 Å². The summed E-state index contributed by atoms with van der Waals surface area (Å²) in [6, 6.07) is 10.6. The average Bonchev–Trinajstić information content (AvgIpc) is 3.10. The van der Waals surface area contributed by atoms with E-state index in [1.165, 1.54) is 4.90 Å². The van der Waals surface area contributed by atoms with Crippen molar-refractivity contribution in [3.05, 3.63) is 57.6 Å². The Labute approximate surface area is 148 Å². The molecular formula is C17H15ClN2O3S. The number of thioether (sulfide) groups is 1. The Morgan fingerprint density at radius 2 is 1.88 bits per heavy atom. The number of hydrogen-bond donors (Lipinski definition) is 0. The van der Waals surface area contributed by atoms with Gasteiger partial charge in [0.15, 0.2) is 5.88 Å². The van der Waals surface area contributed by atoms with Crippen LogP contribution in [0.3, 0.4) is 0 Å². The number of nitrogens with zero attached hydrogens (tertiary/aromatic N) is 2. The van der Waals surface area contributed by atoms with E-state index in [4.69, 9.17) is 16.0 Å². The van der Waals surface area contributed by atoms with Crippen LogP contribution in [-0.2, 0) is 11.3 Å². The molecule has 2 heterocycles. The SMILES string of the molecule is CN(C)c1ccc(C=C2SC(=O)N(Cc3ccc(Cl)cc3)C2=O)o1. The maximum Gasteiger partial charge on any atom is 0.293 e. The second-order valence-electron chi connectivity index (χ2n) is 5.46. The molecule has 1 aliphatic heterocycles. The van der Waals surface area contributed by atoms with E-state index in [1.807, 2.05) is 25.1 Å². The fourth-order valence-electron chi connectivity index (χ4n) is 2.20. The number of benzene rings is 1. The first kappa shape index (κ1) is 16.7. The molecule has 0 N–H and O–H groups in total. The highest BCUT2D eigenvalue weighted by molar-refractivity contribution is 8.18. The van der Waals surface area contributed by atoms with Crippen LogP contribution in [0.2, 0.25) is 5.02 Å². The van der Waals surface area contributed by atoms with Gasteiger partial charge in [0.05, 0.1) is 11.4 Å². The zero-order valence-corrected chi connectivity index (χ0v) is 14.7. The summed E-state index contributed by atoms with van der Waals surface area (Å²) < 4.78 is 5.60. The highest BCUT2D eigenvalue weighted by Gasteiger charge is 2.35. The van der Waals surface area contributed by atoms with Gasteiger partial charge in [0.2, 0.25) is 0 Å². The van der Waals surface area contributed by atoms with Crippen molar-refractivity contribution in [3.63, 3.8) is 0 Å². The molecule has 124 valence electrons. The number of carbonyl (C=O) groups excluding carboxylic acids is 2. The Hall–Kier alpha value is -2.18. The predicted octanol–water partition coefficient (Wildman–Crippen LogP) is 4.24. The lowest BCUT2D eigenvalue weighted by Crippen LogP contribution is -2.27. The standard InChI is InChI=1S/C17H15ClN2O3S/c1-19(2)15-8-7-13(23-15)9-14-16(21)20(17(22)24-14)10-11-3-5-12(18)6-4-11/h3-9H,10H2,1-2H3. The number of furan rings is 1. The zero-order valence-electron chi connectivity index (χ0n) is 13.2. The van der Waals surface area contributed by atoms with E-state index in [9.17, 15) is 9.59 Å². The van der Waals surface area contributed by atoms with Crippen molar-refractivity contribution in [2.24, 2.45) is 0 Å². The van der Waals surface area contributed by atoms with E-state index in [-0.39, 0.29) is 17.7 Å². The van der Waals surface area contributed by atoms with Crippen LogP contribution in [0.15, 0.2) is 45.7 Å². The molecule has 1 saturated heterocycles. The first-order chi connectivity index (χ1) is 11.4. The van der Waals surface area contributed by atoms with Gasteiger partial charge in [-0.25, -0.2) is 0 Å². The Morgan fingerprint density at radius 1 is 1.17 bits per heavy atom. The lowest BCUT2D eigenvalue weighted by molar-refractivity contribution is -0.123. The van der Waals surface area contributed by atoms with Crippen LogP contribution in [0.25, 0.3) is 6.08 Å². The van der Waals surface area contributed by atoms with Crippen molar-refractivity contribution in [1.82, 2.24) is 4.90 Å². The number of carbonyl (C=O) groups is 2. The minimum Gasteiger partial charge on any atom is -0.441 e. The second-order valence-corrected chi connectivity index (χ2v) is 6.89. The van der Waals surface area contributed by atoms with Crippen LogP contribution < -0.4 is 4.90 Å². The van der Waals surface area contributed by atoms with Crippen molar-refractivity contribution in [1.29, 1.82) is 0 Å². The molecule has 0 spiro atoms. The third-order valence-corrected chi connectivity index (χ3v) is 4.61. The maximum atomic E-state index is 12.5. The minimum atomic E-state index is -0.317. The van der Waals surface area contributed by atoms with Gasteiger partial charge in [-0.2, -0.15) is 0 Å². The first-order valence-corrected chi connectivity index (χ1v) is 8.40. The Bertz CT molecular complexity index is 811. The highest BCUT2D eigenvalue weighted by Crippen LogP contribution is 2.34. The molecule has 5 nitrogen and oxygen atoms in total. The number of imide groups is 1. The van der Waals surface area contributed by atoms with Gasteiger partial charge < -0.3 is 9.32 Å². The van der Waals surface area contributed by atoms with E-state index in [0.29, 0.717) is 21.6 Å². The number of hydrogen-bond acceptors (Lipinski definition) is 5. The molecule has 1 aromatic heterocycles. The normalized spacial score (nSPS) is 16.3. The largest absolute Gasteiger partial charge is 0.441 e. The summed E-state index contributed by atoms with van der Waals surface area (Å²) in [5.74, 6) is 0.903. The molecule has 0 atom stereocenters. The summed E-state index contributed by atoms with van der Waals surface area (Å²) in [6.45, 7) is 0.222. The monoisotopic (exact) mass is 362 g/mol. The van der Waals surface area contributed by atoms with Crippen molar-refractivity contribution in [3.8, 4) is 0 Å². The Balaban J connectivity index is 1.77. The molecule has 0 saturated carbocycles. The van der Waals surface area contributed by atoms with Crippen LogP contribution in [0.4, 0.5) is 10.7 Å². The van der Waals surface area contributed by atoms with Gasteiger partial charge in [-0.1, -0.05) is 23.7 Å². The Kier molecular flexibility index (Phi) is 4.69. The smallest absolute Gasteiger partial charge is 0.293 e. The molecule has 0 unspecified atom stereocenters. The lowest BCUT2D eigenvalue weighted by atomic mass is 10.2. The van der Waals surface area contributed by atoms with Gasteiger partial charge in [0, 0.05) is 31.3 Å². The summed E-state index contributed by atoms with van der Waals surface area (Å²) in [6.07, 6.45) is 1.60. The van der Waals surface area contributed by atoms with E-state index >= 15 is 0 Å². The number of anilines is 1. The maximum absolute atomic E-state index is 12.5. The molecule has 24 heavy (non-hydrogen) atoms. The lowest BCUT2D eigenvalue weighted by Gasteiger charge is -2.12. The van der Waals surface area contributed by atoms with Crippen molar-refractivity contribution >= 4 is 46.5 Å². The fraction of sp³-hybridized carbons (Fsp3) is 0.176. The minimum absolute atomic E-state index is 0.222. The summed E-state index contributed by atoms with van der Waals surface area (Å²) in [5, 5.41) is 0.322. The molecule has 2 amide bonds. The number of halogens is 1. The summed E-state index contributed by atoms with van der Waals surface area (Å²) >= 11 is 6.76. The summed E-state index contributed by atoms with van der Waals surface area (Å²) in [5.41, 5.74) is 0.843. The first-order valence-electron chi connectivity index (χ1n) is 7.21. The van der Waals surface area contributed by atoms with Crippen LogP contribution in [-0.4, -0.2) is 30.1 Å². The van der Waals surface area contributed by atoms with Crippen LogP contribution >= 0.6 is 23.4 Å². The van der Waals surface area contributed by atoms with Crippen molar-refractivity contribution in [2.75, 3.05) is 19.0 Å². The molecule has 0 bridgehead atoms. The second kappa shape index (κ2) is 6.75. The fourth-order valence-corrected chi connectivity index (χ4v) is 3.14. The van der Waals surface area contributed by atoms with Gasteiger partial charge in [0.1, 0.15) is 5.76 Å². The molecule has 3 rings (SSSR count). The summed E-state index contributed by atoms with van der Waals surface area (Å²) in [4.78, 5) is 28.0. The zero-order chi connectivity index (χ0) is 17.3. The topological polar surface area (TPSA) is 53.8 Å². The molecule has 1 fully saturated rings. The van der Waals surface area contributed by atoms with Crippen LogP contribution in [0.5, 0.6) is 0 Å². The third kappa shape index (κ3) is 3.49. The third-order valence-electron chi connectivity index (χ3n) is 3.45. The van der Waals surface area contributed by atoms with Crippen LogP contribution in [0.1, 0.15) is 11.3 Å². The Morgan fingerprint density at radius 3 is 2.50 bits per heavy atom. The molecule has 1 aliphatic rings. The molecule has 0 aliphatic carbocycles. The van der Waals surface area contributed by atoms with Gasteiger partial charge in [0.25, 0.3) is 11.1 Å². The molecule has 1 aromatic carbocycles. The van der Waals surface area contributed by atoms with E-state index in [1.54, 1.807) is 36.4 Å². The number of amides is 2. The highest BCUT2D eigenvalue weighted by atomic mass is 35.5. The van der Waals surface area contributed by atoms with Gasteiger partial charge in [-0.3, -0.25) is 14.5 Å². The van der Waals surface area contributed by atoms with E-state index < -0.39 is 0 Å². The van der Waals surface area contributed by atoms with Gasteiger partial charge in [-0.15, -0.1) is 0 Å². The molecule has 2 aromatic rings. The van der Waals surface area contributed by atoms with Crippen LogP contribution in [0, 0.1) is 0 Å². The summed E-state index contributed by atoms with van der Waals surface area (Å²) in [7, 11) is 3.73.